The second-order valence-corrected chi connectivity index (χ2v) is 4.73. The molecule has 0 radical (unpaired) electrons. The zero-order valence-corrected chi connectivity index (χ0v) is 10.8. The SMILES string of the molecule is Cc1c2ccccc2n2ccn(CCCO)c(=O)c12. The first-order valence-corrected chi connectivity index (χ1v) is 6.43. The third-order valence-corrected chi connectivity index (χ3v) is 3.58. The van der Waals surface area contributed by atoms with E-state index in [-0.39, 0.29) is 12.2 Å². The standard InChI is InChI=1S/C15H16N2O2/c1-11-12-5-2-3-6-13(12)17-9-8-16(7-4-10-18)15(19)14(11)17/h2-3,5-6,8-9,18H,4,7,10H2,1H3. The summed E-state index contributed by atoms with van der Waals surface area (Å²) in [5.74, 6) is 0. The summed E-state index contributed by atoms with van der Waals surface area (Å²) in [6.45, 7) is 2.63. The van der Waals surface area contributed by atoms with Crippen LogP contribution in [0.2, 0.25) is 0 Å². The zero-order chi connectivity index (χ0) is 13.4. The smallest absolute Gasteiger partial charge is 0.275 e. The van der Waals surface area contributed by atoms with Crippen molar-refractivity contribution in [2.75, 3.05) is 6.61 Å². The Bertz CT molecular complexity index is 799. The van der Waals surface area contributed by atoms with Crippen molar-refractivity contribution in [2.24, 2.45) is 0 Å². The van der Waals surface area contributed by atoms with Crippen molar-refractivity contribution >= 4 is 16.4 Å². The predicted octanol–water partition coefficient (Wildman–Crippen LogP) is 1.95. The Balaban J connectivity index is 2.34. The molecule has 3 rings (SSSR count). The first kappa shape index (κ1) is 12.0. The second-order valence-electron chi connectivity index (χ2n) is 4.73. The molecule has 2 aromatic heterocycles. The summed E-state index contributed by atoms with van der Waals surface area (Å²) in [4.78, 5) is 12.5. The van der Waals surface area contributed by atoms with Crippen LogP contribution in [0.4, 0.5) is 0 Å². The Labute approximate surface area is 110 Å². The summed E-state index contributed by atoms with van der Waals surface area (Å²) in [6.07, 6.45) is 4.30. The number of para-hydroxylation sites is 1. The van der Waals surface area contributed by atoms with E-state index in [1.54, 1.807) is 10.8 Å². The topological polar surface area (TPSA) is 46.6 Å². The fourth-order valence-corrected chi connectivity index (χ4v) is 2.62. The maximum absolute atomic E-state index is 12.5. The van der Waals surface area contributed by atoms with Gasteiger partial charge in [-0.25, -0.2) is 0 Å². The van der Waals surface area contributed by atoms with Crippen molar-refractivity contribution < 1.29 is 5.11 Å². The molecule has 98 valence electrons. The van der Waals surface area contributed by atoms with Gasteiger partial charge in [0.2, 0.25) is 0 Å². The molecular weight excluding hydrogens is 240 g/mol. The van der Waals surface area contributed by atoms with E-state index in [1.165, 1.54) is 0 Å². The van der Waals surface area contributed by atoms with Crippen LogP contribution in [0, 0.1) is 6.92 Å². The fraction of sp³-hybridized carbons (Fsp3) is 0.267. The van der Waals surface area contributed by atoms with E-state index in [4.69, 9.17) is 5.11 Å². The van der Waals surface area contributed by atoms with Crippen LogP contribution in [0.1, 0.15) is 12.0 Å². The number of aliphatic hydroxyl groups is 1. The number of aryl methyl sites for hydroxylation is 2. The van der Waals surface area contributed by atoms with E-state index >= 15 is 0 Å². The summed E-state index contributed by atoms with van der Waals surface area (Å²) < 4.78 is 3.61. The summed E-state index contributed by atoms with van der Waals surface area (Å²) >= 11 is 0. The van der Waals surface area contributed by atoms with Crippen molar-refractivity contribution in [3.63, 3.8) is 0 Å². The summed E-state index contributed by atoms with van der Waals surface area (Å²) in [6, 6.07) is 8.02. The molecule has 0 atom stereocenters. The van der Waals surface area contributed by atoms with E-state index in [0.717, 1.165) is 22.0 Å². The first-order chi connectivity index (χ1) is 9.24. The molecule has 0 fully saturated rings. The van der Waals surface area contributed by atoms with Gasteiger partial charge in [-0.3, -0.25) is 4.79 Å². The molecule has 0 aliphatic rings. The lowest BCUT2D eigenvalue weighted by Crippen LogP contribution is -2.22. The molecule has 0 saturated carbocycles. The summed E-state index contributed by atoms with van der Waals surface area (Å²) in [7, 11) is 0. The van der Waals surface area contributed by atoms with E-state index in [1.807, 2.05) is 41.8 Å². The Hall–Kier alpha value is -2.07. The van der Waals surface area contributed by atoms with Gasteiger partial charge in [-0.05, 0) is 25.0 Å². The van der Waals surface area contributed by atoms with E-state index in [2.05, 4.69) is 0 Å². The molecule has 4 heteroatoms. The lowest BCUT2D eigenvalue weighted by molar-refractivity contribution is 0.279. The monoisotopic (exact) mass is 256 g/mol. The van der Waals surface area contributed by atoms with Crippen molar-refractivity contribution in [1.82, 2.24) is 8.97 Å². The first-order valence-electron chi connectivity index (χ1n) is 6.43. The summed E-state index contributed by atoms with van der Waals surface area (Å²) in [5.41, 5.74) is 2.80. The van der Waals surface area contributed by atoms with Crippen molar-refractivity contribution in [2.45, 2.75) is 19.9 Å². The van der Waals surface area contributed by atoms with Crippen molar-refractivity contribution in [3.8, 4) is 0 Å². The molecule has 0 amide bonds. The number of fused-ring (bicyclic) bond motifs is 3. The average Bonchev–Trinajstić information content (AvgIpc) is 2.73. The number of hydrogen-bond acceptors (Lipinski definition) is 2. The van der Waals surface area contributed by atoms with E-state index < -0.39 is 0 Å². The van der Waals surface area contributed by atoms with Crippen LogP contribution >= 0.6 is 0 Å². The number of aliphatic hydroxyl groups excluding tert-OH is 1. The molecule has 1 N–H and O–H groups in total. The molecule has 1 aromatic carbocycles. The third kappa shape index (κ3) is 1.76. The lowest BCUT2D eigenvalue weighted by Gasteiger charge is -2.05. The van der Waals surface area contributed by atoms with E-state index in [0.29, 0.717) is 13.0 Å². The van der Waals surface area contributed by atoms with Gasteiger partial charge < -0.3 is 14.1 Å². The Morgan fingerprint density at radius 3 is 2.79 bits per heavy atom. The van der Waals surface area contributed by atoms with Crippen LogP contribution < -0.4 is 5.56 Å². The van der Waals surface area contributed by atoms with Crippen LogP contribution in [0.15, 0.2) is 41.5 Å². The van der Waals surface area contributed by atoms with Gasteiger partial charge in [0.05, 0.1) is 5.52 Å². The van der Waals surface area contributed by atoms with Gasteiger partial charge >= 0.3 is 0 Å². The van der Waals surface area contributed by atoms with Gasteiger partial charge in [-0.2, -0.15) is 0 Å². The highest BCUT2D eigenvalue weighted by Gasteiger charge is 2.11. The van der Waals surface area contributed by atoms with Crippen LogP contribution in [0.5, 0.6) is 0 Å². The minimum absolute atomic E-state index is 0.00431. The zero-order valence-electron chi connectivity index (χ0n) is 10.8. The normalized spacial score (nSPS) is 11.5. The highest BCUT2D eigenvalue weighted by atomic mass is 16.3. The molecule has 0 spiro atoms. The lowest BCUT2D eigenvalue weighted by atomic mass is 10.2. The van der Waals surface area contributed by atoms with Gasteiger partial charge in [0.15, 0.2) is 0 Å². The minimum atomic E-state index is 0.00431. The number of hydrogen-bond donors (Lipinski definition) is 1. The number of rotatable bonds is 3. The second kappa shape index (κ2) is 4.55. The maximum atomic E-state index is 12.5. The Kier molecular flexibility index (Phi) is 2.87. The number of aromatic nitrogens is 2. The number of benzene rings is 1. The van der Waals surface area contributed by atoms with Gasteiger partial charge in [0, 0.05) is 30.9 Å². The third-order valence-electron chi connectivity index (χ3n) is 3.58. The van der Waals surface area contributed by atoms with Gasteiger partial charge in [0.25, 0.3) is 5.56 Å². The highest BCUT2D eigenvalue weighted by Crippen LogP contribution is 2.23. The summed E-state index contributed by atoms with van der Waals surface area (Å²) in [5, 5.41) is 9.99. The molecular formula is C15H16N2O2. The van der Waals surface area contributed by atoms with Crippen LogP contribution in [0.25, 0.3) is 16.4 Å². The molecule has 2 heterocycles. The Morgan fingerprint density at radius 2 is 2.00 bits per heavy atom. The van der Waals surface area contributed by atoms with Crippen molar-refractivity contribution in [1.29, 1.82) is 0 Å². The maximum Gasteiger partial charge on any atom is 0.275 e. The van der Waals surface area contributed by atoms with Gasteiger partial charge in [-0.1, -0.05) is 18.2 Å². The number of nitrogens with zero attached hydrogens (tertiary/aromatic N) is 2. The molecule has 19 heavy (non-hydrogen) atoms. The molecule has 0 unspecified atom stereocenters. The highest BCUT2D eigenvalue weighted by molar-refractivity contribution is 5.91. The van der Waals surface area contributed by atoms with Crippen LogP contribution in [-0.2, 0) is 6.54 Å². The average molecular weight is 256 g/mol. The van der Waals surface area contributed by atoms with Crippen LogP contribution in [0.3, 0.4) is 0 Å². The molecule has 0 aliphatic heterocycles. The molecule has 3 aromatic rings. The van der Waals surface area contributed by atoms with Crippen LogP contribution in [-0.4, -0.2) is 20.7 Å². The molecule has 0 aliphatic carbocycles. The fourth-order valence-electron chi connectivity index (χ4n) is 2.62. The Morgan fingerprint density at radius 1 is 1.21 bits per heavy atom. The largest absolute Gasteiger partial charge is 0.396 e. The predicted molar refractivity (Wildman–Crippen MR) is 75.6 cm³/mol. The van der Waals surface area contributed by atoms with Gasteiger partial charge in [0.1, 0.15) is 5.52 Å². The van der Waals surface area contributed by atoms with Crippen molar-refractivity contribution in [3.05, 3.63) is 52.6 Å². The molecule has 0 bridgehead atoms. The minimum Gasteiger partial charge on any atom is -0.396 e. The van der Waals surface area contributed by atoms with E-state index in [9.17, 15) is 4.79 Å². The molecule has 0 saturated heterocycles. The quantitative estimate of drug-likeness (QED) is 0.778. The van der Waals surface area contributed by atoms with Gasteiger partial charge in [-0.15, -0.1) is 0 Å². The molecule has 4 nitrogen and oxygen atoms in total.